The number of rotatable bonds is 5. The topological polar surface area (TPSA) is 62.1 Å². The van der Waals surface area contributed by atoms with E-state index in [1.165, 1.54) is 4.88 Å². The molecule has 0 bridgehead atoms. The zero-order valence-corrected chi connectivity index (χ0v) is 17.9. The summed E-state index contributed by atoms with van der Waals surface area (Å²) in [6.07, 6.45) is 2.94. The van der Waals surface area contributed by atoms with Crippen molar-refractivity contribution in [3.05, 3.63) is 46.3 Å². The predicted molar refractivity (Wildman–Crippen MR) is 114 cm³/mol. The van der Waals surface area contributed by atoms with Crippen LogP contribution in [-0.4, -0.2) is 12.0 Å². The van der Waals surface area contributed by atoms with Gasteiger partial charge < -0.3 is 10.1 Å². The molecule has 3 rings (SSSR count). The lowest BCUT2D eigenvalue weighted by atomic mass is 9.72. The highest BCUT2D eigenvalue weighted by Crippen LogP contribution is 2.44. The van der Waals surface area contributed by atoms with Crippen molar-refractivity contribution in [3.63, 3.8) is 0 Å². The third-order valence-corrected chi connectivity index (χ3v) is 6.69. The van der Waals surface area contributed by atoms with Crippen LogP contribution in [0.3, 0.4) is 0 Å². The molecule has 0 fully saturated rings. The number of ether oxygens (including phenoxy) is 1. The Labute approximate surface area is 171 Å². The Kier molecular flexibility index (Phi) is 6.10. The van der Waals surface area contributed by atoms with E-state index in [4.69, 9.17) is 4.74 Å². The van der Waals surface area contributed by atoms with Gasteiger partial charge in [0.1, 0.15) is 16.8 Å². The quantitative estimate of drug-likeness (QED) is 0.719. The van der Waals surface area contributed by atoms with E-state index in [2.05, 4.69) is 32.2 Å². The Hall–Kier alpha value is -2.32. The monoisotopic (exact) mass is 396 g/mol. The second-order valence-corrected chi connectivity index (χ2v) is 9.55. The lowest BCUT2D eigenvalue weighted by Gasteiger charge is -2.33. The van der Waals surface area contributed by atoms with Crippen molar-refractivity contribution < 1.29 is 9.53 Å². The smallest absolute Gasteiger partial charge is 0.266 e. The maximum Gasteiger partial charge on any atom is 0.266 e. The molecule has 0 saturated carbocycles. The van der Waals surface area contributed by atoms with Crippen LogP contribution in [0.5, 0.6) is 5.75 Å². The summed E-state index contributed by atoms with van der Waals surface area (Å²) in [5.41, 5.74) is 2.00. The maximum absolute atomic E-state index is 12.8. The first kappa shape index (κ1) is 20.4. The number of carbonyl (C=O) groups is 1. The molecule has 0 radical (unpaired) electrons. The Balaban J connectivity index is 1.78. The Morgan fingerprint density at radius 3 is 2.68 bits per heavy atom. The Morgan fingerprint density at radius 1 is 1.36 bits per heavy atom. The highest BCUT2D eigenvalue weighted by atomic mass is 32.1. The van der Waals surface area contributed by atoms with Crippen LogP contribution in [0.25, 0.3) is 0 Å². The van der Waals surface area contributed by atoms with Gasteiger partial charge in [0.2, 0.25) is 0 Å². The summed E-state index contributed by atoms with van der Waals surface area (Å²) in [6, 6.07) is 11.7. The SMILES string of the molecule is CC[C@H](Oc1ccccc1)C(=O)Nc1sc2c(c1C#N)CC[C@H](C(C)(C)C)C2. The van der Waals surface area contributed by atoms with E-state index in [0.29, 0.717) is 28.7 Å². The van der Waals surface area contributed by atoms with Crippen molar-refractivity contribution in [3.8, 4) is 11.8 Å². The summed E-state index contributed by atoms with van der Waals surface area (Å²) >= 11 is 1.56. The largest absolute Gasteiger partial charge is 0.481 e. The summed E-state index contributed by atoms with van der Waals surface area (Å²) in [7, 11) is 0. The number of amides is 1. The minimum absolute atomic E-state index is 0.200. The van der Waals surface area contributed by atoms with E-state index in [1.54, 1.807) is 11.3 Å². The number of thiophene rings is 1. The summed E-state index contributed by atoms with van der Waals surface area (Å²) in [5.74, 6) is 1.07. The average molecular weight is 397 g/mol. The fourth-order valence-electron chi connectivity index (χ4n) is 3.71. The molecule has 148 valence electrons. The van der Waals surface area contributed by atoms with E-state index < -0.39 is 6.10 Å². The van der Waals surface area contributed by atoms with Crippen LogP contribution in [0, 0.1) is 22.7 Å². The van der Waals surface area contributed by atoms with E-state index in [1.807, 2.05) is 37.3 Å². The van der Waals surface area contributed by atoms with Crippen molar-refractivity contribution in [2.75, 3.05) is 5.32 Å². The molecular weight excluding hydrogens is 368 g/mol. The van der Waals surface area contributed by atoms with Crippen LogP contribution in [0.15, 0.2) is 30.3 Å². The van der Waals surface area contributed by atoms with Crippen LogP contribution in [0.4, 0.5) is 5.00 Å². The average Bonchev–Trinajstić information content (AvgIpc) is 3.02. The van der Waals surface area contributed by atoms with Crippen LogP contribution >= 0.6 is 11.3 Å². The second kappa shape index (κ2) is 8.36. The standard InChI is InChI=1S/C23H28N2O2S/c1-5-19(27-16-9-7-6-8-10-16)21(26)25-22-18(14-24)17-12-11-15(23(2,3)4)13-20(17)28-22/h6-10,15,19H,5,11-13H2,1-4H3,(H,25,26)/t15-,19-/m0/s1. The van der Waals surface area contributed by atoms with Gasteiger partial charge in [-0.1, -0.05) is 45.9 Å². The van der Waals surface area contributed by atoms with Gasteiger partial charge in [0.25, 0.3) is 5.91 Å². The number of fused-ring (bicyclic) bond motifs is 1. The van der Waals surface area contributed by atoms with Crippen molar-refractivity contribution >= 4 is 22.2 Å². The highest BCUT2D eigenvalue weighted by Gasteiger charge is 2.32. The first-order valence-electron chi connectivity index (χ1n) is 9.90. The maximum atomic E-state index is 12.8. The Morgan fingerprint density at radius 2 is 2.07 bits per heavy atom. The summed E-state index contributed by atoms with van der Waals surface area (Å²) < 4.78 is 5.84. The number of nitriles is 1. The van der Waals surface area contributed by atoms with E-state index in [9.17, 15) is 10.1 Å². The number of nitrogens with zero attached hydrogens (tertiary/aromatic N) is 1. The van der Waals surface area contributed by atoms with Crippen LogP contribution < -0.4 is 10.1 Å². The second-order valence-electron chi connectivity index (χ2n) is 8.44. The molecule has 2 atom stereocenters. The van der Waals surface area contributed by atoms with Gasteiger partial charge in [-0.15, -0.1) is 11.3 Å². The molecule has 2 aromatic rings. The fourth-order valence-corrected chi connectivity index (χ4v) is 4.99. The number of anilines is 1. The third kappa shape index (κ3) is 4.39. The number of benzene rings is 1. The zero-order valence-electron chi connectivity index (χ0n) is 17.0. The number of hydrogen-bond donors (Lipinski definition) is 1. The lowest BCUT2D eigenvalue weighted by Crippen LogP contribution is -2.32. The molecule has 1 aromatic heterocycles. The van der Waals surface area contributed by atoms with Gasteiger partial charge in [-0.05, 0) is 54.7 Å². The molecule has 1 aliphatic rings. The van der Waals surface area contributed by atoms with Gasteiger partial charge in [0.15, 0.2) is 6.10 Å². The molecule has 5 heteroatoms. The van der Waals surface area contributed by atoms with Gasteiger partial charge in [0.05, 0.1) is 5.56 Å². The molecule has 1 aromatic carbocycles. The third-order valence-electron chi connectivity index (χ3n) is 5.52. The summed E-state index contributed by atoms with van der Waals surface area (Å²) in [4.78, 5) is 14.1. The van der Waals surface area contributed by atoms with Gasteiger partial charge in [-0.25, -0.2) is 0 Å². The fraction of sp³-hybridized carbons (Fsp3) is 0.478. The van der Waals surface area contributed by atoms with Crippen molar-refractivity contribution in [2.45, 2.75) is 59.5 Å². The van der Waals surface area contributed by atoms with Gasteiger partial charge in [0, 0.05) is 4.88 Å². The van der Waals surface area contributed by atoms with Crippen LogP contribution in [0.1, 0.15) is 56.5 Å². The van der Waals surface area contributed by atoms with E-state index in [0.717, 1.165) is 24.8 Å². The highest BCUT2D eigenvalue weighted by molar-refractivity contribution is 7.16. The van der Waals surface area contributed by atoms with Crippen LogP contribution in [-0.2, 0) is 17.6 Å². The number of hydrogen-bond acceptors (Lipinski definition) is 4. The van der Waals surface area contributed by atoms with Crippen molar-refractivity contribution in [1.29, 1.82) is 5.26 Å². The molecular formula is C23H28N2O2S. The van der Waals surface area contributed by atoms with E-state index in [-0.39, 0.29) is 11.3 Å². The molecule has 0 unspecified atom stereocenters. The summed E-state index contributed by atoms with van der Waals surface area (Å²) in [6.45, 7) is 8.75. The normalized spacial score (nSPS) is 17.3. The Bertz CT molecular complexity index is 874. The first-order valence-corrected chi connectivity index (χ1v) is 10.7. The number of para-hydroxylation sites is 1. The van der Waals surface area contributed by atoms with Gasteiger partial charge in [-0.3, -0.25) is 4.79 Å². The van der Waals surface area contributed by atoms with Crippen molar-refractivity contribution in [1.82, 2.24) is 0 Å². The van der Waals surface area contributed by atoms with Gasteiger partial charge >= 0.3 is 0 Å². The molecule has 0 spiro atoms. The number of carbonyl (C=O) groups excluding carboxylic acids is 1. The minimum Gasteiger partial charge on any atom is -0.481 e. The molecule has 1 aliphatic carbocycles. The minimum atomic E-state index is -0.588. The van der Waals surface area contributed by atoms with Gasteiger partial charge in [-0.2, -0.15) is 5.26 Å². The summed E-state index contributed by atoms with van der Waals surface area (Å²) in [5, 5.41) is 13.4. The van der Waals surface area contributed by atoms with Crippen molar-refractivity contribution in [2.24, 2.45) is 11.3 Å². The first-order chi connectivity index (χ1) is 13.3. The zero-order chi connectivity index (χ0) is 20.3. The molecule has 4 nitrogen and oxygen atoms in total. The molecule has 0 saturated heterocycles. The number of nitrogens with one attached hydrogen (secondary N) is 1. The molecule has 1 amide bonds. The van der Waals surface area contributed by atoms with Crippen LogP contribution in [0.2, 0.25) is 0 Å². The molecule has 1 N–H and O–H groups in total. The predicted octanol–water partition coefficient (Wildman–Crippen LogP) is 5.57. The lowest BCUT2D eigenvalue weighted by molar-refractivity contribution is -0.122. The molecule has 0 aliphatic heterocycles. The molecule has 1 heterocycles. The molecule has 28 heavy (non-hydrogen) atoms. The van der Waals surface area contributed by atoms with E-state index >= 15 is 0 Å².